The van der Waals surface area contributed by atoms with Crippen molar-refractivity contribution >= 4 is 16.9 Å². The number of carboxylic acid groups (broad SMARTS) is 1. The first-order chi connectivity index (χ1) is 9.45. The van der Waals surface area contributed by atoms with Gasteiger partial charge in [0.1, 0.15) is 5.75 Å². The summed E-state index contributed by atoms with van der Waals surface area (Å²) in [5.74, 6) is -0.904. The van der Waals surface area contributed by atoms with Crippen LogP contribution in [-0.2, 0) is 11.3 Å². The minimum absolute atomic E-state index is 0.0717. The molecule has 1 aromatic carbocycles. The van der Waals surface area contributed by atoms with E-state index in [1.807, 2.05) is 11.5 Å². The molecule has 5 heteroatoms. The van der Waals surface area contributed by atoms with Crippen molar-refractivity contribution < 1.29 is 19.7 Å². The Morgan fingerprint density at radius 1 is 1.45 bits per heavy atom. The van der Waals surface area contributed by atoms with Crippen LogP contribution >= 0.6 is 0 Å². The van der Waals surface area contributed by atoms with Gasteiger partial charge in [0, 0.05) is 30.3 Å². The van der Waals surface area contributed by atoms with Crippen LogP contribution in [0.4, 0.5) is 0 Å². The highest BCUT2D eigenvalue weighted by atomic mass is 16.5. The summed E-state index contributed by atoms with van der Waals surface area (Å²) in [5.41, 5.74) is 1.77. The maximum Gasteiger partial charge on any atom is 0.338 e. The fourth-order valence-electron chi connectivity index (χ4n) is 2.46. The normalized spacial score (nSPS) is 12.8. The van der Waals surface area contributed by atoms with Crippen LogP contribution in [-0.4, -0.2) is 34.0 Å². The monoisotopic (exact) mass is 277 g/mol. The van der Waals surface area contributed by atoms with Crippen molar-refractivity contribution in [1.82, 2.24) is 4.57 Å². The first-order valence-electron chi connectivity index (χ1n) is 6.53. The van der Waals surface area contributed by atoms with E-state index < -0.39 is 5.97 Å². The number of phenols is 1. The zero-order chi connectivity index (χ0) is 14.9. The third kappa shape index (κ3) is 2.49. The number of carboxylic acids is 1. The number of rotatable bonds is 5. The standard InChI is InChI=1S/C15H19NO4/c1-9(20-3)6-7-16-10(2)14(15(18)19)12-8-11(17)4-5-13(12)16/h4-5,8-9,17H,6-7H2,1-3H3,(H,18,19). The Morgan fingerprint density at radius 2 is 2.15 bits per heavy atom. The summed E-state index contributed by atoms with van der Waals surface area (Å²) in [4.78, 5) is 11.4. The van der Waals surface area contributed by atoms with E-state index in [1.165, 1.54) is 6.07 Å². The zero-order valence-corrected chi connectivity index (χ0v) is 11.9. The van der Waals surface area contributed by atoms with Crippen LogP contribution in [0.15, 0.2) is 18.2 Å². The van der Waals surface area contributed by atoms with Crippen LogP contribution in [0.2, 0.25) is 0 Å². The van der Waals surface area contributed by atoms with Gasteiger partial charge in [0.05, 0.1) is 11.7 Å². The third-order valence-electron chi connectivity index (χ3n) is 3.68. The summed E-state index contributed by atoms with van der Waals surface area (Å²) in [6.07, 6.45) is 0.901. The van der Waals surface area contributed by atoms with E-state index in [2.05, 4.69) is 0 Å². The summed E-state index contributed by atoms with van der Waals surface area (Å²) in [7, 11) is 1.66. The molecule has 1 aromatic heterocycles. The fraction of sp³-hybridized carbons (Fsp3) is 0.400. The van der Waals surface area contributed by atoms with E-state index >= 15 is 0 Å². The van der Waals surface area contributed by atoms with Crippen molar-refractivity contribution in [2.45, 2.75) is 32.9 Å². The SMILES string of the molecule is COC(C)CCn1c(C)c(C(=O)O)c2cc(O)ccc21. The van der Waals surface area contributed by atoms with E-state index in [0.717, 1.165) is 11.9 Å². The van der Waals surface area contributed by atoms with E-state index in [1.54, 1.807) is 26.2 Å². The maximum absolute atomic E-state index is 11.4. The van der Waals surface area contributed by atoms with Gasteiger partial charge in [-0.15, -0.1) is 0 Å². The van der Waals surface area contributed by atoms with Gasteiger partial charge >= 0.3 is 5.97 Å². The van der Waals surface area contributed by atoms with Gasteiger partial charge in [-0.1, -0.05) is 0 Å². The Morgan fingerprint density at radius 3 is 2.75 bits per heavy atom. The zero-order valence-electron chi connectivity index (χ0n) is 11.9. The molecular weight excluding hydrogens is 258 g/mol. The second kappa shape index (κ2) is 5.54. The molecule has 0 aliphatic rings. The number of hydrogen-bond donors (Lipinski definition) is 2. The summed E-state index contributed by atoms with van der Waals surface area (Å²) in [5, 5.41) is 19.5. The number of aromatic nitrogens is 1. The number of ether oxygens (including phenoxy) is 1. The van der Waals surface area contributed by atoms with Gasteiger partial charge in [-0.2, -0.15) is 0 Å². The fourth-order valence-corrected chi connectivity index (χ4v) is 2.46. The van der Waals surface area contributed by atoms with Crippen LogP contribution in [0, 0.1) is 6.92 Å². The Bertz CT molecular complexity index is 645. The molecule has 2 N–H and O–H groups in total. The lowest BCUT2D eigenvalue weighted by molar-refractivity contribution is 0.0698. The van der Waals surface area contributed by atoms with Crippen molar-refractivity contribution in [2.75, 3.05) is 7.11 Å². The third-order valence-corrected chi connectivity index (χ3v) is 3.68. The van der Waals surface area contributed by atoms with Crippen LogP contribution in [0.3, 0.4) is 0 Å². The van der Waals surface area contributed by atoms with Crippen molar-refractivity contribution in [3.05, 3.63) is 29.5 Å². The Kier molecular flexibility index (Phi) is 3.99. The Balaban J connectivity index is 2.54. The van der Waals surface area contributed by atoms with Crippen LogP contribution in [0.25, 0.3) is 10.9 Å². The average Bonchev–Trinajstić information content (AvgIpc) is 2.67. The highest BCUT2D eigenvalue weighted by Gasteiger charge is 2.19. The van der Waals surface area contributed by atoms with Crippen LogP contribution < -0.4 is 0 Å². The van der Waals surface area contributed by atoms with E-state index in [9.17, 15) is 15.0 Å². The number of methoxy groups -OCH3 is 1. The lowest BCUT2D eigenvalue weighted by Crippen LogP contribution is -2.11. The molecule has 5 nitrogen and oxygen atoms in total. The molecular formula is C15H19NO4. The van der Waals surface area contributed by atoms with Crippen molar-refractivity contribution in [1.29, 1.82) is 0 Å². The quantitative estimate of drug-likeness (QED) is 0.881. The predicted octanol–water partition coefficient (Wildman–Crippen LogP) is 2.78. The molecule has 0 radical (unpaired) electrons. The minimum atomic E-state index is -0.975. The summed E-state index contributed by atoms with van der Waals surface area (Å²) in [6.45, 7) is 4.44. The second-order valence-electron chi connectivity index (χ2n) is 4.95. The van der Waals surface area contributed by atoms with Crippen molar-refractivity contribution in [3.63, 3.8) is 0 Å². The lowest BCUT2D eigenvalue weighted by atomic mass is 10.1. The molecule has 0 saturated heterocycles. The Hall–Kier alpha value is -2.01. The molecule has 0 saturated carbocycles. The van der Waals surface area contributed by atoms with E-state index in [4.69, 9.17) is 4.74 Å². The molecule has 0 spiro atoms. The number of aryl methyl sites for hydroxylation is 1. The molecule has 108 valence electrons. The van der Waals surface area contributed by atoms with E-state index in [-0.39, 0.29) is 17.4 Å². The van der Waals surface area contributed by atoms with Crippen molar-refractivity contribution in [2.24, 2.45) is 0 Å². The molecule has 2 aromatic rings. The summed E-state index contributed by atoms with van der Waals surface area (Å²) >= 11 is 0. The first-order valence-corrected chi connectivity index (χ1v) is 6.53. The number of fused-ring (bicyclic) bond motifs is 1. The molecule has 2 rings (SSSR count). The minimum Gasteiger partial charge on any atom is -0.508 e. The molecule has 1 heterocycles. The number of carbonyl (C=O) groups is 1. The second-order valence-corrected chi connectivity index (χ2v) is 4.95. The summed E-state index contributed by atoms with van der Waals surface area (Å²) < 4.78 is 7.19. The largest absolute Gasteiger partial charge is 0.508 e. The van der Waals surface area contributed by atoms with Crippen LogP contribution in [0.1, 0.15) is 29.4 Å². The predicted molar refractivity (Wildman–Crippen MR) is 76.4 cm³/mol. The van der Waals surface area contributed by atoms with Gasteiger partial charge in [-0.05, 0) is 38.5 Å². The number of hydrogen-bond acceptors (Lipinski definition) is 3. The lowest BCUT2D eigenvalue weighted by Gasteiger charge is -2.12. The molecule has 0 aliphatic carbocycles. The Labute approximate surface area is 117 Å². The topological polar surface area (TPSA) is 71.7 Å². The molecule has 0 aliphatic heterocycles. The smallest absolute Gasteiger partial charge is 0.338 e. The maximum atomic E-state index is 11.4. The average molecular weight is 277 g/mol. The first kappa shape index (κ1) is 14.4. The molecule has 0 fully saturated rings. The summed E-state index contributed by atoms with van der Waals surface area (Å²) in [6, 6.07) is 4.83. The molecule has 0 bridgehead atoms. The number of phenolic OH excluding ortho intramolecular Hbond substituents is 1. The van der Waals surface area contributed by atoms with Gasteiger partial charge in [0.15, 0.2) is 0 Å². The molecule has 0 amide bonds. The highest BCUT2D eigenvalue weighted by molar-refractivity contribution is 6.05. The molecule has 1 unspecified atom stereocenters. The molecule has 1 atom stereocenters. The number of benzene rings is 1. The highest BCUT2D eigenvalue weighted by Crippen LogP contribution is 2.29. The molecule has 20 heavy (non-hydrogen) atoms. The van der Waals surface area contributed by atoms with Gasteiger partial charge in [-0.3, -0.25) is 0 Å². The van der Waals surface area contributed by atoms with Gasteiger partial charge < -0.3 is 19.5 Å². The van der Waals surface area contributed by atoms with Gasteiger partial charge in [0.25, 0.3) is 0 Å². The van der Waals surface area contributed by atoms with Crippen molar-refractivity contribution in [3.8, 4) is 5.75 Å². The number of nitrogens with zero attached hydrogens (tertiary/aromatic N) is 1. The number of aromatic carboxylic acids is 1. The van der Waals surface area contributed by atoms with Gasteiger partial charge in [-0.25, -0.2) is 4.79 Å². The van der Waals surface area contributed by atoms with E-state index in [0.29, 0.717) is 17.6 Å². The van der Waals surface area contributed by atoms with Gasteiger partial charge in [0.2, 0.25) is 0 Å². The van der Waals surface area contributed by atoms with Crippen LogP contribution in [0.5, 0.6) is 5.75 Å². The number of aromatic hydroxyl groups is 1.